The third-order valence-electron chi connectivity index (χ3n) is 6.15. The summed E-state index contributed by atoms with van der Waals surface area (Å²) in [5.41, 5.74) is 1.42. The van der Waals surface area contributed by atoms with Gasteiger partial charge in [-0.15, -0.1) is 0 Å². The van der Waals surface area contributed by atoms with Crippen molar-refractivity contribution in [2.24, 2.45) is 5.92 Å². The van der Waals surface area contributed by atoms with Crippen molar-refractivity contribution in [2.75, 3.05) is 0 Å². The van der Waals surface area contributed by atoms with Gasteiger partial charge in [-0.3, -0.25) is 29.3 Å². The van der Waals surface area contributed by atoms with E-state index in [0.717, 1.165) is 18.4 Å². The molecule has 1 aliphatic carbocycles. The Morgan fingerprint density at radius 2 is 1.93 bits per heavy atom. The van der Waals surface area contributed by atoms with Crippen molar-refractivity contribution >= 4 is 29.6 Å². The number of rotatable bonds is 4. The van der Waals surface area contributed by atoms with Crippen molar-refractivity contribution in [3.05, 3.63) is 34.9 Å². The van der Waals surface area contributed by atoms with Crippen LogP contribution < -0.4 is 10.6 Å². The van der Waals surface area contributed by atoms with Crippen LogP contribution in [0.5, 0.6) is 0 Å². The minimum Gasteiger partial charge on any atom is -0.481 e. The van der Waals surface area contributed by atoms with Crippen LogP contribution in [0.3, 0.4) is 0 Å². The maximum atomic E-state index is 12.9. The molecular formula is C21H23N3O6. The summed E-state index contributed by atoms with van der Waals surface area (Å²) in [6.45, 7) is 0.255. The molecule has 0 bridgehead atoms. The zero-order valence-corrected chi connectivity index (χ0v) is 16.3. The number of carbonyl (C=O) groups excluding carboxylic acids is 4. The van der Waals surface area contributed by atoms with Crippen molar-refractivity contribution in [3.8, 4) is 0 Å². The van der Waals surface area contributed by atoms with Crippen LogP contribution >= 0.6 is 0 Å². The summed E-state index contributed by atoms with van der Waals surface area (Å²) in [4.78, 5) is 61.7. The van der Waals surface area contributed by atoms with Crippen LogP contribution in [-0.4, -0.2) is 51.7 Å². The molecule has 9 heteroatoms. The molecule has 0 spiro atoms. The monoisotopic (exact) mass is 413 g/mol. The highest BCUT2D eigenvalue weighted by Crippen LogP contribution is 2.29. The summed E-state index contributed by atoms with van der Waals surface area (Å²) in [7, 11) is 0. The lowest BCUT2D eigenvalue weighted by atomic mass is 9.85. The van der Waals surface area contributed by atoms with Crippen LogP contribution in [0.15, 0.2) is 18.2 Å². The van der Waals surface area contributed by atoms with E-state index in [-0.39, 0.29) is 43.1 Å². The Kier molecular flexibility index (Phi) is 5.27. The summed E-state index contributed by atoms with van der Waals surface area (Å²) in [6.07, 6.45) is 2.95. The predicted octanol–water partition coefficient (Wildman–Crippen LogP) is 0.821. The summed E-state index contributed by atoms with van der Waals surface area (Å²) in [5, 5.41) is 14.4. The van der Waals surface area contributed by atoms with Gasteiger partial charge < -0.3 is 15.3 Å². The first-order valence-corrected chi connectivity index (χ1v) is 10.1. The van der Waals surface area contributed by atoms with Crippen molar-refractivity contribution in [1.82, 2.24) is 15.5 Å². The average molecular weight is 413 g/mol. The molecule has 9 nitrogen and oxygen atoms in total. The molecule has 2 aliphatic heterocycles. The first-order chi connectivity index (χ1) is 14.3. The molecule has 3 N–H and O–H groups in total. The molecule has 2 fully saturated rings. The summed E-state index contributed by atoms with van der Waals surface area (Å²) >= 11 is 0. The van der Waals surface area contributed by atoms with Crippen LogP contribution in [0.1, 0.15) is 64.8 Å². The molecule has 3 atom stereocenters. The normalized spacial score (nSPS) is 26.2. The molecule has 2 heterocycles. The number of hydrogen-bond acceptors (Lipinski definition) is 5. The highest BCUT2D eigenvalue weighted by molar-refractivity contribution is 6.06. The molecule has 1 saturated heterocycles. The first-order valence-electron chi connectivity index (χ1n) is 10.1. The summed E-state index contributed by atoms with van der Waals surface area (Å²) < 4.78 is 0. The van der Waals surface area contributed by atoms with E-state index in [1.54, 1.807) is 12.1 Å². The lowest BCUT2D eigenvalue weighted by molar-refractivity contribution is -0.143. The molecule has 1 unspecified atom stereocenters. The van der Waals surface area contributed by atoms with Gasteiger partial charge in [0.15, 0.2) is 0 Å². The number of piperidine rings is 1. The number of carboxylic acids is 1. The molecule has 1 aromatic carbocycles. The summed E-state index contributed by atoms with van der Waals surface area (Å²) in [5.74, 6) is -2.79. The van der Waals surface area contributed by atoms with E-state index in [0.29, 0.717) is 24.0 Å². The highest BCUT2D eigenvalue weighted by Gasteiger charge is 2.39. The van der Waals surface area contributed by atoms with Gasteiger partial charge >= 0.3 is 5.97 Å². The van der Waals surface area contributed by atoms with E-state index >= 15 is 0 Å². The topological polar surface area (TPSA) is 133 Å². The van der Waals surface area contributed by atoms with Gasteiger partial charge in [0.25, 0.3) is 11.8 Å². The fraction of sp³-hybridized carbons (Fsp3) is 0.476. The van der Waals surface area contributed by atoms with E-state index in [2.05, 4.69) is 10.6 Å². The lowest BCUT2D eigenvalue weighted by Gasteiger charge is -2.29. The number of hydrogen-bond donors (Lipinski definition) is 3. The number of amides is 4. The Morgan fingerprint density at radius 3 is 2.67 bits per heavy atom. The zero-order valence-electron chi connectivity index (χ0n) is 16.3. The quantitative estimate of drug-likeness (QED) is 0.626. The fourth-order valence-electron chi connectivity index (χ4n) is 4.51. The third-order valence-corrected chi connectivity index (χ3v) is 6.15. The van der Waals surface area contributed by atoms with Gasteiger partial charge in [-0.25, -0.2) is 0 Å². The molecular weight excluding hydrogens is 390 g/mol. The Balaban J connectivity index is 1.45. The Hall–Kier alpha value is -3.23. The molecule has 1 saturated carbocycles. The molecule has 1 aromatic rings. The van der Waals surface area contributed by atoms with Crippen molar-refractivity contribution in [2.45, 2.75) is 57.2 Å². The first kappa shape index (κ1) is 20.1. The number of benzene rings is 1. The van der Waals surface area contributed by atoms with Crippen LogP contribution in [-0.2, 0) is 20.9 Å². The highest BCUT2D eigenvalue weighted by atomic mass is 16.4. The fourth-order valence-corrected chi connectivity index (χ4v) is 4.51. The maximum Gasteiger partial charge on any atom is 0.306 e. The van der Waals surface area contributed by atoms with Gasteiger partial charge in [-0.1, -0.05) is 12.5 Å². The molecule has 0 aromatic heterocycles. The second-order valence-electron chi connectivity index (χ2n) is 8.14. The molecule has 3 aliphatic rings. The van der Waals surface area contributed by atoms with E-state index in [9.17, 15) is 29.1 Å². The predicted molar refractivity (Wildman–Crippen MR) is 103 cm³/mol. The molecule has 0 radical (unpaired) electrons. The van der Waals surface area contributed by atoms with E-state index in [1.807, 2.05) is 0 Å². The summed E-state index contributed by atoms with van der Waals surface area (Å²) in [6, 6.07) is 3.95. The van der Waals surface area contributed by atoms with Crippen LogP contribution in [0.25, 0.3) is 0 Å². The lowest BCUT2D eigenvalue weighted by Crippen LogP contribution is -2.52. The minimum absolute atomic E-state index is 0.183. The number of imide groups is 1. The minimum atomic E-state index is -0.842. The van der Waals surface area contributed by atoms with Gasteiger partial charge in [-0.2, -0.15) is 0 Å². The van der Waals surface area contributed by atoms with Crippen LogP contribution in [0.2, 0.25) is 0 Å². The Labute approximate surface area is 172 Å². The van der Waals surface area contributed by atoms with Crippen molar-refractivity contribution in [1.29, 1.82) is 0 Å². The molecule has 158 valence electrons. The molecule has 4 amide bonds. The number of carbonyl (C=O) groups is 5. The van der Waals surface area contributed by atoms with Gasteiger partial charge in [0.05, 0.1) is 5.92 Å². The number of carboxylic acid groups (broad SMARTS) is 1. The molecule has 4 rings (SSSR count). The van der Waals surface area contributed by atoms with Gasteiger partial charge in [0, 0.05) is 30.1 Å². The smallest absolute Gasteiger partial charge is 0.306 e. The Morgan fingerprint density at radius 1 is 1.13 bits per heavy atom. The second kappa shape index (κ2) is 7.89. The van der Waals surface area contributed by atoms with Crippen molar-refractivity contribution in [3.63, 3.8) is 0 Å². The SMILES string of the molecule is O=C1CCC(N2Cc3ccc(C(=O)N[C@H]4CCC[C@@H](C(=O)O)C4)cc3C2=O)C(=O)N1. The number of fused-ring (bicyclic) bond motifs is 1. The van der Waals surface area contributed by atoms with Gasteiger partial charge in [0.1, 0.15) is 6.04 Å². The van der Waals surface area contributed by atoms with E-state index in [1.165, 1.54) is 11.0 Å². The largest absolute Gasteiger partial charge is 0.481 e. The van der Waals surface area contributed by atoms with Crippen LogP contribution in [0, 0.1) is 5.92 Å². The van der Waals surface area contributed by atoms with E-state index in [4.69, 9.17) is 0 Å². The Bertz CT molecular complexity index is 943. The van der Waals surface area contributed by atoms with Crippen molar-refractivity contribution < 1.29 is 29.1 Å². The second-order valence-corrected chi connectivity index (χ2v) is 8.14. The maximum absolute atomic E-state index is 12.9. The molecule has 30 heavy (non-hydrogen) atoms. The average Bonchev–Trinajstić information content (AvgIpc) is 3.04. The van der Waals surface area contributed by atoms with Gasteiger partial charge in [-0.05, 0) is 43.4 Å². The third kappa shape index (κ3) is 3.79. The van der Waals surface area contributed by atoms with Gasteiger partial charge in [0.2, 0.25) is 11.8 Å². The number of aliphatic carboxylic acids is 1. The van der Waals surface area contributed by atoms with E-state index < -0.39 is 23.8 Å². The number of nitrogens with one attached hydrogen (secondary N) is 2. The number of nitrogens with zero attached hydrogens (tertiary/aromatic N) is 1. The van der Waals surface area contributed by atoms with Crippen LogP contribution in [0.4, 0.5) is 0 Å². The standard InChI is InChI=1S/C21H23N3O6/c25-17-7-6-16(19(27)23-17)24-10-13-5-4-11(9-15(13)20(24)28)18(26)22-14-3-1-2-12(8-14)21(29)30/h4-5,9,12,14,16H,1-3,6-8,10H2,(H,22,26)(H,29,30)(H,23,25,27)/t12-,14+,16?/m1/s1. The zero-order chi connectivity index (χ0) is 21.4.